The molecule has 0 aromatic heterocycles. The van der Waals surface area contributed by atoms with E-state index in [1.165, 1.54) is 11.1 Å². The topological polar surface area (TPSA) is 18.5 Å². The zero-order valence-electron chi connectivity index (χ0n) is 11.5. The third-order valence-corrected chi connectivity index (χ3v) is 6.90. The van der Waals surface area contributed by atoms with Crippen molar-refractivity contribution in [2.45, 2.75) is 23.6 Å². The van der Waals surface area contributed by atoms with E-state index in [2.05, 4.69) is 22.0 Å². The minimum atomic E-state index is -0.192. The smallest absolute Gasteiger partial charge is 0.161 e. The van der Waals surface area contributed by atoms with Crippen molar-refractivity contribution in [3.8, 4) is 5.75 Å². The molecule has 0 unspecified atom stereocenters. The summed E-state index contributed by atoms with van der Waals surface area (Å²) in [6.45, 7) is 2.63. The van der Waals surface area contributed by atoms with Crippen molar-refractivity contribution in [1.29, 1.82) is 0 Å². The van der Waals surface area contributed by atoms with E-state index >= 15 is 0 Å². The zero-order chi connectivity index (χ0) is 14.6. The summed E-state index contributed by atoms with van der Waals surface area (Å²) in [4.78, 5) is 0. The lowest BCUT2D eigenvalue weighted by molar-refractivity contribution is 0.232. The second-order valence-corrected chi connectivity index (χ2v) is 8.43. The Hall–Kier alpha value is -0.580. The van der Waals surface area contributed by atoms with Crippen LogP contribution < -0.4 is 4.74 Å². The summed E-state index contributed by atoms with van der Waals surface area (Å²) in [5.41, 5.74) is 2.48. The molecule has 110 valence electrons. The Morgan fingerprint density at radius 3 is 3.14 bits per heavy atom. The van der Waals surface area contributed by atoms with Gasteiger partial charge in [0.2, 0.25) is 0 Å². The molecule has 0 fully saturated rings. The van der Waals surface area contributed by atoms with E-state index in [9.17, 15) is 0 Å². The molecule has 2 nitrogen and oxygen atoms in total. The Labute approximate surface area is 141 Å². The fraction of sp³-hybridized carbons (Fsp3) is 0.375. The predicted octanol–water partition coefficient (Wildman–Crippen LogP) is 5.23. The van der Waals surface area contributed by atoms with Gasteiger partial charge >= 0.3 is 0 Å². The number of benzene rings is 1. The van der Waals surface area contributed by atoms with Crippen LogP contribution in [0.5, 0.6) is 5.75 Å². The summed E-state index contributed by atoms with van der Waals surface area (Å²) in [6, 6.07) is 5.89. The van der Waals surface area contributed by atoms with Crippen LogP contribution >= 0.6 is 39.3 Å². The van der Waals surface area contributed by atoms with Crippen molar-refractivity contribution in [2.75, 3.05) is 12.4 Å². The van der Waals surface area contributed by atoms with E-state index in [-0.39, 0.29) is 4.32 Å². The van der Waals surface area contributed by atoms with Gasteiger partial charge in [0.25, 0.3) is 0 Å². The van der Waals surface area contributed by atoms with Gasteiger partial charge in [-0.2, -0.15) is 0 Å². The van der Waals surface area contributed by atoms with Crippen molar-refractivity contribution in [3.63, 3.8) is 0 Å². The second kappa shape index (κ2) is 4.97. The second-order valence-electron chi connectivity index (χ2n) is 5.58. The first kappa shape index (κ1) is 14.0. The standard InChI is InChI=1S/C16H14BrClO2S/c1-9-2-4-12-15(20-9)21-7-13-11-6-10(18)3-5-14(11)19-8-16(12,13)17/h2-3,5-6,13H,4,7-8H2,1H3/t13-,16+/m0/s1. The van der Waals surface area contributed by atoms with Crippen LogP contribution in [0.1, 0.15) is 24.8 Å². The quantitative estimate of drug-likeness (QED) is 0.570. The molecule has 0 bridgehead atoms. The van der Waals surface area contributed by atoms with Gasteiger partial charge in [0.05, 0.1) is 10.1 Å². The van der Waals surface area contributed by atoms with Gasteiger partial charge in [-0.3, -0.25) is 0 Å². The largest absolute Gasteiger partial charge is 0.491 e. The van der Waals surface area contributed by atoms with Crippen molar-refractivity contribution in [2.24, 2.45) is 0 Å². The molecule has 21 heavy (non-hydrogen) atoms. The van der Waals surface area contributed by atoms with Crippen molar-refractivity contribution >= 4 is 39.3 Å². The summed E-state index contributed by atoms with van der Waals surface area (Å²) in [5.74, 6) is 3.25. The van der Waals surface area contributed by atoms with E-state index in [4.69, 9.17) is 21.1 Å². The van der Waals surface area contributed by atoms with E-state index < -0.39 is 0 Å². The summed E-state index contributed by atoms with van der Waals surface area (Å²) >= 11 is 12.0. The molecule has 1 aromatic rings. The van der Waals surface area contributed by atoms with Gasteiger partial charge < -0.3 is 9.47 Å². The third kappa shape index (κ3) is 2.14. The third-order valence-electron chi connectivity index (χ3n) is 4.31. The monoisotopic (exact) mass is 384 g/mol. The van der Waals surface area contributed by atoms with Crippen LogP contribution in [0.2, 0.25) is 5.02 Å². The number of hydrogen-bond donors (Lipinski definition) is 0. The predicted molar refractivity (Wildman–Crippen MR) is 90.3 cm³/mol. The first-order chi connectivity index (χ1) is 10.1. The highest BCUT2D eigenvalue weighted by molar-refractivity contribution is 9.10. The summed E-state index contributed by atoms with van der Waals surface area (Å²) in [7, 11) is 0. The van der Waals surface area contributed by atoms with E-state index in [1.54, 1.807) is 11.8 Å². The van der Waals surface area contributed by atoms with Gasteiger partial charge in [0.15, 0.2) is 5.09 Å². The fourth-order valence-electron chi connectivity index (χ4n) is 3.17. The lowest BCUT2D eigenvalue weighted by atomic mass is 9.79. The number of fused-ring (bicyclic) bond motifs is 4. The Kier molecular flexibility index (Phi) is 3.32. The summed E-state index contributed by atoms with van der Waals surface area (Å²) in [5, 5.41) is 1.80. The molecule has 0 amide bonds. The Morgan fingerprint density at radius 1 is 1.43 bits per heavy atom. The summed E-state index contributed by atoms with van der Waals surface area (Å²) < 4.78 is 11.7. The van der Waals surface area contributed by atoms with Crippen LogP contribution in [-0.2, 0) is 4.74 Å². The maximum atomic E-state index is 6.19. The van der Waals surface area contributed by atoms with Crippen LogP contribution in [0.3, 0.4) is 0 Å². The first-order valence-corrected chi connectivity index (χ1v) is 9.06. The van der Waals surface area contributed by atoms with E-state index in [0.29, 0.717) is 12.5 Å². The van der Waals surface area contributed by atoms with Crippen molar-refractivity contribution in [1.82, 2.24) is 0 Å². The van der Waals surface area contributed by atoms with Gasteiger partial charge in [0.1, 0.15) is 12.4 Å². The molecular formula is C16H14BrClO2S. The van der Waals surface area contributed by atoms with Crippen molar-refractivity contribution in [3.05, 3.63) is 51.3 Å². The van der Waals surface area contributed by atoms with Crippen LogP contribution in [0.15, 0.2) is 40.7 Å². The Bertz CT molecular complexity index is 685. The molecule has 5 heteroatoms. The van der Waals surface area contributed by atoms with Crippen LogP contribution in [-0.4, -0.2) is 16.7 Å². The van der Waals surface area contributed by atoms with Crippen LogP contribution in [0.4, 0.5) is 0 Å². The van der Waals surface area contributed by atoms with E-state index in [1.807, 2.05) is 25.1 Å². The average molecular weight is 386 g/mol. The van der Waals surface area contributed by atoms with Gasteiger partial charge in [-0.1, -0.05) is 39.3 Å². The average Bonchev–Trinajstić information content (AvgIpc) is 2.46. The number of ether oxygens (including phenoxy) is 2. The first-order valence-electron chi connectivity index (χ1n) is 6.90. The molecule has 4 rings (SSSR count). The summed E-state index contributed by atoms with van der Waals surface area (Å²) in [6.07, 6.45) is 3.05. The van der Waals surface area contributed by atoms with Crippen LogP contribution in [0, 0.1) is 0 Å². The number of allylic oxidation sites excluding steroid dienone is 2. The molecule has 3 heterocycles. The minimum absolute atomic E-state index is 0.192. The maximum absolute atomic E-state index is 6.19. The maximum Gasteiger partial charge on any atom is 0.161 e. The molecular weight excluding hydrogens is 372 g/mol. The molecule has 3 aliphatic rings. The van der Waals surface area contributed by atoms with Gasteiger partial charge in [-0.15, -0.1) is 0 Å². The van der Waals surface area contributed by atoms with Gasteiger partial charge in [0, 0.05) is 27.8 Å². The van der Waals surface area contributed by atoms with Crippen molar-refractivity contribution < 1.29 is 9.47 Å². The molecule has 0 saturated heterocycles. The van der Waals surface area contributed by atoms with Gasteiger partial charge in [-0.05, 0) is 37.6 Å². The normalized spacial score (nSPS) is 30.4. The van der Waals surface area contributed by atoms with Gasteiger partial charge in [-0.25, -0.2) is 0 Å². The molecule has 1 aromatic carbocycles. The molecule has 2 atom stereocenters. The zero-order valence-corrected chi connectivity index (χ0v) is 14.6. The molecule has 0 spiro atoms. The number of halogens is 2. The molecule has 3 aliphatic heterocycles. The highest BCUT2D eigenvalue weighted by Gasteiger charge is 2.50. The minimum Gasteiger partial charge on any atom is -0.491 e. The number of hydrogen-bond acceptors (Lipinski definition) is 3. The molecule has 0 radical (unpaired) electrons. The highest BCUT2D eigenvalue weighted by atomic mass is 79.9. The lowest BCUT2D eigenvalue weighted by Gasteiger charge is -2.46. The molecule has 0 N–H and O–H groups in total. The number of thioether (sulfide) groups is 1. The highest BCUT2D eigenvalue weighted by Crippen LogP contribution is 2.57. The SMILES string of the molecule is CC1=CCC2=C(O1)SC[C@H]1c3cc(Cl)ccc3OC[C@@]21Br. The number of rotatable bonds is 0. The molecule has 0 saturated carbocycles. The Balaban J connectivity index is 1.80. The van der Waals surface area contributed by atoms with E-state index in [0.717, 1.165) is 33.8 Å². The Morgan fingerprint density at radius 2 is 2.29 bits per heavy atom. The number of alkyl halides is 1. The lowest BCUT2D eigenvalue weighted by Crippen LogP contribution is -2.45. The van der Waals surface area contributed by atoms with Crippen LogP contribution in [0.25, 0.3) is 0 Å². The fourth-order valence-corrected chi connectivity index (χ4v) is 5.97. The molecule has 0 aliphatic carbocycles.